The Hall–Kier alpha value is -0.680. The van der Waals surface area contributed by atoms with Gasteiger partial charge in [0, 0.05) is 31.1 Å². The van der Waals surface area contributed by atoms with Crippen molar-refractivity contribution in [3.8, 4) is 0 Å². The molecule has 150 valence electrons. The monoisotopic (exact) mass is 381 g/mol. The summed E-state index contributed by atoms with van der Waals surface area (Å²) in [4.78, 5) is 7.61. The molecule has 26 heavy (non-hydrogen) atoms. The second kappa shape index (κ2) is 7.05. The van der Waals surface area contributed by atoms with Gasteiger partial charge >= 0.3 is 0 Å². The van der Waals surface area contributed by atoms with Crippen molar-refractivity contribution in [2.24, 2.45) is 15.8 Å². The van der Waals surface area contributed by atoms with E-state index in [1.54, 1.807) is 0 Å². The Bertz CT molecular complexity index is 629. The zero-order chi connectivity index (χ0) is 20.1. The molecular weight excluding hydrogens is 342 g/mol. The number of hydrogen-bond acceptors (Lipinski definition) is 3. The highest BCUT2D eigenvalue weighted by Crippen LogP contribution is 2.46. The molecule has 0 saturated carbocycles. The summed E-state index contributed by atoms with van der Waals surface area (Å²) >= 11 is 0. The summed E-state index contributed by atoms with van der Waals surface area (Å²) in [5.74, 6) is 1.18. The first-order valence-electron chi connectivity index (χ1n) is 9.92. The number of amidine groups is 1. The lowest BCUT2D eigenvalue weighted by Crippen LogP contribution is -2.44. The van der Waals surface area contributed by atoms with E-state index >= 15 is 0 Å². The van der Waals surface area contributed by atoms with Gasteiger partial charge in [0.25, 0.3) is 0 Å². The van der Waals surface area contributed by atoms with Gasteiger partial charge < -0.3 is 4.90 Å². The molecular formula is C21H39N3OS. The van der Waals surface area contributed by atoms with E-state index in [2.05, 4.69) is 58.1 Å². The molecule has 3 atom stereocenters. The molecule has 0 spiro atoms. The zero-order valence-corrected chi connectivity index (χ0v) is 19.3. The van der Waals surface area contributed by atoms with Crippen LogP contribution in [0.2, 0.25) is 0 Å². The van der Waals surface area contributed by atoms with Crippen molar-refractivity contribution < 1.29 is 4.21 Å². The summed E-state index contributed by atoms with van der Waals surface area (Å²) in [6.45, 7) is 22.9. The quantitative estimate of drug-likeness (QED) is 0.773. The fourth-order valence-corrected chi connectivity index (χ4v) is 4.67. The summed E-state index contributed by atoms with van der Waals surface area (Å²) in [7, 11) is -1.05. The minimum Gasteiger partial charge on any atom is -0.332 e. The van der Waals surface area contributed by atoms with E-state index in [1.165, 1.54) is 17.1 Å². The van der Waals surface area contributed by atoms with Crippen LogP contribution in [-0.4, -0.2) is 38.3 Å². The minimum atomic E-state index is -1.05. The molecule has 1 fully saturated rings. The van der Waals surface area contributed by atoms with Crippen LogP contribution in [-0.2, 0) is 11.0 Å². The van der Waals surface area contributed by atoms with Crippen LogP contribution >= 0.6 is 0 Å². The number of nitrogens with zero attached hydrogens (tertiary/aromatic N) is 2. The molecule has 0 aromatic carbocycles. The van der Waals surface area contributed by atoms with Gasteiger partial charge in [-0.1, -0.05) is 48.5 Å². The molecule has 0 radical (unpaired) electrons. The lowest BCUT2D eigenvalue weighted by Gasteiger charge is -2.43. The average Bonchev–Trinajstić information content (AvgIpc) is 2.85. The average molecular weight is 382 g/mol. The van der Waals surface area contributed by atoms with Gasteiger partial charge in [0.15, 0.2) is 0 Å². The van der Waals surface area contributed by atoms with Crippen LogP contribution in [0.4, 0.5) is 0 Å². The van der Waals surface area contributed by atoms with E-state index < -0.39 is 11.0 Å². The zero-order valence-electron chi connectivity index (χ0n) is 18.5. The van der Waals surface area contributed by atoms with Crippen LogP contribution < -0.4 is 4.72 Å². The predicted octanol–water partition coefficient (Wildman–Crippen LogP) is 4.65. The second-order valence-corrected chi connectivity index (χ2v) is 12.8. The van der Waals surface area contributed by atoms with E-state index in [0.717, 1.165) is 19.4 Å². The molecule has 1 saturated heterocycles. The van der Waals surface area contributed by atoms with Crippen molar-refractivity contribution in [3.63, 3.8) is 0 Å². The van der Waals surface area contributed by atoms with Gasteiger partial charge in [-0.05, 0) is 37.2 Å². The van der Waals surface area contributed by atoms with Gasteiger partial charge in [-0.25, -0.2) is 8.93 Å². The topological polar surface area (TPSA) is 44.7 Å². The van der Waals surface area contributed by atoms with Gasteiger partial charge in [-0.2, -0.15) is 0 Å². The fraction of sp³-hybridized carbons (Fsp3) is 0.857. The predicted molar refractivity (Wildman–Crippen MR) is 114 cm³/mol. The Kier molecular flexibility index (Phi) is 5.86. The molecule has 0 aromatic heterocycles. The number of rotatable bonds is 3. The largest absolute Gasteiger partial charge is 0.332 e. The number of hydrogen-bond donors (Lipinski definition) is 1. The molecule has 0 amide bonds. The van der Waals surface area contributed by atoms with E-state index in [9.17, 15) is 4.21 Å². The third kappa shape index (κ3) is 4.41. The van der Waals surface area contributed by atoms with Gasteiger partial charge in [0.1, 0.15) is 5.84 Å². The summed E-state index contributed by atoms with van der Waals surface area (Å²) < 4.78 is 15.8. The van der Waals surface area contributed by atoms with Crippen LogP contribution in [0.25, 0.3) is 0 Å². The summed E-state index contributed by atoms with van der Waals surface area (Å²) in [6, 6.07) is 0.411. The van der Waals surface area contributed by atoms with Gasteiger partial charge in [-0.3, -0.25) is 4.99 Å². The lowest BCUT2D eigenvalue weighted by molar-refractivity contribution is 0.292. The Labute approximate surface area is 163 Å². The van der Waals surface area contributed by atoms with Crippen molar-refractivity contribution in [2.45, 2.75) is 98.9 Å². The highest BCUT2D eigenvalue weighted by atomic mass is 32.2. The molecule has 2 aliphatic rings. The Morgan fingerprint density at radius 2 is 1.69 bits per heavy atom. The molecule has 5 heteroatoms. The minimum absolute atomic E-state index is 0.0619. The van der Waals surface area contributed by atoms with E-state index in [1.807, 2.05) is 20.8 Å². The number of aliphatic imine (C=N–C) groups is 1. The second-order valence-electron chi connectivity index (χ2n) is 10.8. The highest BCUT2D eigenvalue weighted by Gasteiger charge is 2.44. The third-order valence-corrected chi connectivity index (χ3v) is 6.78. The van der Waals surface area contributed by atoms with Gasteiger partial charge in [0.05, 0.1) is 21.8 Å². The molecule has 4 nitrogen and oxygen atoms in total. The first-order chi connectivity index (χ1) is 11.7. The number of fused-ring (bicyclic) bond motifs is 1. The van der Waals surface area contributed by atoms with Crippen LogP contribution in [0.1, 0.15) is 82.1 Å². The maximum atomic E-state index is 12.6. The first kappa shape index (κ1) is 21.6. The van der Waals surface area contributed by atoms with Gasteiger partial charge in [-0.15, -0.1) is 0 Å². The fourth-order valence-electron chi connectivity index (χ4n) is 3.86. The van der Waals surface area contributed by atoms with Crippen molar-refractivity contribution in [2.75, 3.05) is 6.54 Å². The maximum absolute atomic E-state index is 12.6. The lowest BCUT2D eigenvalue weighted by atomic mass is 9.71. The van der Waals surface area contributed by atoms with Crippen molar-refractivity contribution >= 4 is 16.8 Å². The highest BCUT2D eigenvalue weighted by molar-refractivity contribution is 7.84. The van der Waals surface area contributed by atoms with Crippen molar-refractivity contribution in [1.82, 2.24) is 9.62 Å². The standard InChI is InChI=1S/C21H39N3OS/c1-11-16-22-18(20(5,6)7)17(19(2,3)4)15-12-14(13-24(15)16)23-26(25)21(8,9)10/h14,18,23H,11-13H2,1-10H3. The SMILES string of the molecule is CCC1=NC(C(C)(C)C)C(C(C)(C)C)=C2CC(NS(=O)C(C)(C)C)CN12. The molecule has 0 bridgehead atoms. The molecule has 0 aliphatic carbocycles. The normalized spacial score (nSPS) is 26.1. The van der Waals surface area contributed by atoms with Crippen LogP contribution in [0, 0.1) is 10.8 Å². The first-order valence-corrected chi connectivity index (χ1v) is 11.1. The Morgan fingerprint density at radius 3 is 2.12 bits per heavy atom. The van der Waals surface area contributed by atoms with E-state index in [0.29, 0.717) is 0 Å². The third-order valence-electron chi connectivity index (χ3n) is 5.12. The summed E-state index contributed by atoms with van der Waals surface area (Å²) in [6.07, 6.45) is 1.86. The molecule has 0 aromatic rings. The van der Waals surface area contributed by atoms with Crippen molar-refractivity contribution in [3.05, 3.63) is 11.3 Å². The van der Waals surface area contributed by atoms with Crippen molar-refractivity contribution in [1.29, 1.82) is 0 Å². The van der Waals surface area contributed by atoms with E-state index in [4.69, 9.17) is 4.99 Å². The maximum Gasteiger partial charge on any atom is 0.104 e. The summed E-state index contributed by atoms with van der Waals surface area (Å²) in [5, 5.41) is 0. The van der Waals surface area contributed by atoms with Gasteiger partial charge in [0.2, 0.25) is 0 Å². The molecule has 2 aliphatic heterocycles. The molecule has 3 unspecified atom stereocenters. The Morgan fingerprint density at radius 1 is 1.12 bits per heavy atom. The molecule has 2 rings (SSSR count). The van der Waals surface area contributed by atoms with Crippen LogP contribution in [0.3, 0.4) is 0 Å². The van der Waals surface area contributed by atoms with E-state index in [-0.39, 0.29) is 27.7 Å². The Balaban J connectivity index is 2.45. The van der Waals surface area contributed by atoms with Crippen LogP contribution in [0.15, 0.2) is 16.3 Å². The molecule has 1 N–H and O–H groups in total. The van der Waals surface area contributed by atoms with Crippen LogP contribution in [0.5, 0.6) is 0 Å². The smallest absolute Gasteiger partial charge is 0.104 e. The summed E-state index contributed by atoms with van der Waals surface area (Å²) in [5.41, 5.74) is 3.01. The molecule has 2 heterocycles. The number of nitrogens with one attached hydrogen (secondary N) is 1.